The molecule has 0 fully saturated rings. The van der Waals surface area contributed by atoms with E-state index in [2.05, 4.69) is 31.8 Å². The third-order valence-corrected chi connectivity index (χ3v) is 3.92. The van der Waals surface area contributed by atoms with E-state index in [1.165, 1.54) is 5.56 Å². The molecular formula is C17H26N2O. The molecule has 0 aliphatic heterocycles. The van der Waals surface area contributed by atoms with E-state index in [4.69, 9.17) is 5.73 Å². The summed E-state index contributed by atoms with van der Waals surface area (Å²) in [6.45, 7) is 6.48. The number of nitrogens with two attached hydrogens (primary N) is 1. The zero-order chi connectivity index (χ0) is 14.8. The highest BCUT2D eigenvalue weighted by atomic mass is 16.1. The number of hydrogen-bond acceptors (Lipinski definition) is 3. The average molecular weight is 274 g/mol. The molecule has 0 saturated heterocycles. The number of fused-ring (bicyclic) bond motifs is 1. The Kier molecular flexibility index (Phi) is 4.59. The van der Waals surface area contributed by atoms with Crippen LogP contribution in [0.3, 0.4) is 0 Å². The normalized spacial score (nSPS) is 20.3. The number of hydrogen-bond donors (Lipinski definition) is 1. The zero-order valence-corrected chi connectivity index (χ0v) is 12.9. The molecule has 2 N–H and O–H groups in total. The van der Waals surface area contributed by atoms with Gasteiger partial charge in [-0.3, -0.25) is 9.78 Å². The molecule has 2 atom stereocenters. The lowest BCUT2D eigenvalue weighted by molar-refractivity contribution is -0.121. The van der Waals surface area contributed by atoms with Gasteiger partial charge in [-0.2, -0.15) is 0 Å². The number of Topliss-reactive ketones (excluding diaryl/α,β-unsaturated/α-hetero) is 1. The van der Waals surface area contributed by atoms with E-state index in [1.54, 1.807) is 6.20 Å². The minimum absolute atomic E-state index is 0.0361. The van der Waals surface area contributed by atoms with Crippen LogP contribution >= 0.6 is 0 Å². The monoisotopic (exact) mass is 274 g/mol. The first-order valence-corrected chi connectivity index (χ1v) is 7.59. The number of aryl methyl sites for hydroxylation is 1. The van der Waals surface area contributed by atoms with Crippen LogP contribution in [0.5, 0.6) is 0 Å². The van der Waals surface area contributed by atoms with Gasteiger partial charge in [-0.25, -0.2) is 0 Å². The third kappa shape index (κ3) is 3.89. The van der Waals surface area contributed by atoms with Crippen LogP contribution in [-0.2, 0) is 11.2 Å². The summed E-state index contributed by atoms with van der Waals surface area (Å²) in [5.41, 5.74) is 8.55. The molecule has 1 heterocycles. The first-order chi connectivity index (χ1) is 9.37. The van der Waals surface area contributed by atoms with Crippen molar-refractivity contribution in [2.45, 2.75) is 64.8 Å². The highest BCUT2D eigenvalue weighted by Gasteiger charge is 2.29. The Hall–Kier alpha value is -1.22. The van der Waals surface area contributed by atoms with Crippen LogP contribution in [0.1, 0.15) is 63.6 Å². The molecule has 0 spiro atoms. The lowest BCUT2D eigenvalue weighted by Gasteiger charge is -2.26. The number of aromatic nitrogens is 1. The van der Waals surface area contributed by atoms with E-state index >= 15 is 0 Å². The molecule has 0 amide bonds. The number of pyridine rings is 1. The van der Waals surface area contributed by atoms with Crippen LogP contribution in [0.15, 0.2) is 18.3 Å². The molecule has 0 radical (unpaired) electrons. The molecule has 1 aliphatic carbocycles. The highest BCUT2D eigenvalue weighted by Crippen LogP contribution is 2.32. The van der Waals surface area contributed by atoms with Gasteiger partial charge in [-0.1, -0.05) is 26.8 Å². The second-order valence-electron chi connectivity index (χ2n) is 7.19. The van der Waals surface area contributed by atoms with Crippen LogP contribution in [-0.4, -0.2) is 16.8 Å². The van der Waals surface area contributed by atoms with Crippen molar-refractivity contribution in [1.82, 2.24) is 4.98 Å². The SMILES string of the molecule is CC(C)(C)CC(N)CC(=O)C1CCCc2cccnc21. The molecule has 0 aromatic carbocycles. The first kappa shape index (κ1) is 15.2. The second-order valence-corrected chi connectivity index (χ2v) is 7.19. The zero-order valence-electron chi connectivity index (χ0n) is 12.9. The maximum absolute atomic E-state index is 12.5. The lowest BCUT2D eigenvalue weighted by Crippen LogP contribution is -2.31. The van der Waals surface area contributed by atoms with Gasteiger partial charge in [-0.15, -0.1) is 0 Å². The van der Waals surface area contributed by atoms with Crippen molar-refractivity contribution in [3.05, 3.63) is 29.6 Å². The summed E-state index contributed by atoms with van der Waals surface area (Å²) in [4.78, 5) is 17.0. The topological polar surface area (TPSA) is 56.0 Å². The minimum Gasteiger partial charge on any atom is -0.327 e. The van der Waals surface area contributed by atoms with Gasteiger partial charge in [0.15, 0.2) is 0 Å². The smallest absolute Gasteiger partial charge is 0.143 e. The molecule has 1 aromatic rings. The van der Waals surface area contributed by atoms with E-state index in [-0.39, 0.29) is 23.2 Å². The lowest BCUT2D eigenvalue weighted by atomic mass is 9.80. The predicted molar refractivity (Wildman–Crippen MR) is 81.6 cm³/mol. The molecule has 2 unspecified atom stereocenters. The van der Waals surface area contributed by atoms with E-state index in [0.29, 0.717) is 6.42 Å². The average Bonchev–Trinajstić information content (AvgIpc) is 2.35. The van der Waals surface area contributed by atoms with E-state index in [0.717, 1.165) is 31.4 Å². The predicted octanol–water partition coefficient (Wildman–Crippen LogP) is 3.22. The highest BCUT2D eigenvalue weighted by molar-refractivity contribution is 5.86. The molecule has 0 bridgehead atoms. The van der Waals surface area contributed by atoms with E-state index in [1.807, 2.05) is 6.07 Å². The number of carbonyl (C=O) groups is 1. The van der Waals surface area contributed by atoms with Crippen LogP contribution in [0.25, 0.3) is 0 Å². The molecule has 1 aromatic heterocycles. The Morgan fingerprint density at radius 3 is 2.95 bits per heavy atom. The minimum atomic E-state index is -0.0448. The van der Waals surface area contributed by atoms with Crippen LogP contribution < -0.4 is 5.73 Å². The number of rotatable bonds is 4. The van der Waals surface area contributed by atoms with Crippen molar-refractivity contribution in [2.24, 2.45) is 11.1 Å². The van der Waals surface area contributed by atoms with Gasteiger partial charge in [0.2, 0.25) is 0 Å². The summed E-state index contributed by atoms with van der Waals surface area (Å²) in [6.07, 6.45) is 6.17. The summed E-state index contributed by atoms with van der Waals surface area (Å²) >= 11 is 0. The van der Waals surface area contributed by atoms with Crippen LogP contribution in [0.2, 0.25) is 0 Å². The maximum atomic E-state index is 12.5. The van der Waals surface area contributed by atoms with Gasteiger partial charge in [0.25, 0.3) is 0 Å². The van der Waals surface area contributed by atoms with Crippen molar-refractivity contribution in [1.29, 1.82) is 0 Å². The van der Waals surface area contributed by atoms with E-state index < -0.39 is 0 Å². The Balaban J connectivity index is 2.04. The largest absolute Gasteiger partial charge is 0.327 e. The number of nitrogens with zero attached hydrogens (tertiary/aromatic N) is 1. The number of carbonyl (C=O) groups excluding carboxylic acids is 1. The van der Waals surface area contributed by atoms with Crippen molar-refractivity contribution >= 4 is 5.78 Å². The fraction of sp³-hybridized carbons (Fsp3) is 0.647. The summed E-state index contributed by atoms with van der Waals surface area (Å²) < 4.78 is 0. The molecule has 3 heteroatoms. The first-order valence-electron chi connectivity index (χ1n) is 7.59. The third-order valence-electron chi connectivity index (χ3n) is 3.92. The van der Waals surface area contributed by atoms with Gasteiger partial charge >= 0.3 is 0 Å². The Morgan fingerprint density at radius 2 is 2.25 bits per heavy atom. The van der Waals surface area contributed by atoms with Gasteiger partial charge in [0.05, 0.1) is 11.6 Å². The van der Waals surface area contributed by atoms with Gasteiger partial charge < -0.3 is 5.73 Å². The van der Waals surface area contributed by atoms with E-state index in [9.17, 15) is 4.79 Å². The van der Waals surface area contributed by atoms with Crippen molar-refractivity contribution in [2.75, 3.05) is 0 Å². The summed E-state index contributed by atoms with van der Waals surface area (Å²) in [7, 11) is 0. The molecule has 110 valence electrons. The molecule has 3 nitrogen and oxygen atoms in total. The van der Waals surface area contributed by atoms with Gasteiger partial charge in [0, 0.05) is 18.7 Å². The quantitative estimate of drug-likeness (QED) is 0.917. The second kappa shape index (κ2) is 6.04. The molecule has 1 aliphatic rings. The van der Waals surface area contributed by atoms with Crippen LogP contribution in [0, 0.1) is 5.41 Å². The molecular weight excluding hydrogens is 248 g/mol. The number of ketones is 1. The summed E-state index contributed by atoms with van der Waals surface area (Å²) in [6, 6.07) is 4.00. The summed E-state index contributed by atoms with van der Waals surface area (Å²) in [5.74, 6) is 0.229. The molecule has 20 heavy (non-hydrogen) atoms. The molecule has 2 rings (SSSR count). The fourth-order valence-corrected chi connectivity index (χ4v) is 3.18. The Bertz CT molecular complexity index is 476. The van der Waals surface area contributed by atoms with Crippen molar-refractivity contribution < 1.29 is 4.79 Å². The van der Waals surface area contributed by atoms with Crippen LogP contribution in [0.4, 0.5) is 0 Å². The Labute approximate surface area is 122 Å². The van der Waals surface area contributed by atoms with Crippen molar-refractivity contribution in [3.8, 4) is 0 Å². The van der Waals surface area contributed by atoms with Gasteiger partial charge in [-0.05, 0) is 42.7 Å². The standard InChI is InChI=1S/C17H26N2O/c1-17(2,3)11-13(18)10-15(20)14-8-4-6-12-7-5-9-19-16(12)14/h5,7,9,13-14H,4,6,8,10-11,18H2,1-3H3. The summed E-state index contributed by atoms with van der Waals surface area (Å²) in [5, 5.41) is 0. The van der Waals surface area contributed by atoms with Gasteiger partial charge in [0.1, 0.15) is 5.78 Å². The maximum Gasteiger partial charge on any atom is 0.143 e. The fourth-order valence-electron chi connectivity index (χ4n) is 3.18. The molecule has 0 saturated carbocycles. The Morgan fingerprint density at radius 1 is 1.50 bits per heavy atom. The van der Waals surface area contributed by atoms with Crippen molar-refractivity contribution in [3.63, 3.8) is 0 Å².